The SMILES string of the molecule is CC1(CO)Cc2ccc(Br)cc2O1. The van der Waals surface area contributed by atoms with Crippen molar-refractivity contribution in [3.63, 3.8) is 0 Å². The monoisotopic (exact) mass is 242 g/mol. The minimum absolute atomic E-state index is 0.0549. The van der Waals surface area contributed by atoms with Crippen LogP contribution in [-0.4, -0.2) is 17.3 Å². The zero-order chi connectivity index (χ0) is 9.47. The summed E-state index contributed by atoms with van der Waals surface area (Å²) in [5, 5.41) is 9.13. The third kappa shape index (κ3) is 1.58. The van der Waals surface area contributed by atoms with Gasteiger partial charge in [0, 0.05) is 10.9 Å². The average molecular weight is 243 g/mol. The standard InChI is InChI=1S/C10H11BrO2/c1-10(6-12)5-7-2-3-8(11)4-9(7)13-10/h2-4,12H,5-6H2,1H3. The predicted octanol–water partition coefficient (Wildman–Crippen LogP) is 2.13. The quantitative estimate of drug-likeness (QED) is 0.818. The molecule has 13 heavy (non-hydrogen) atoms. The topological polar surface area (TPSA) is 29.5 Å². The summed E-state index contributed by atoms with van der Waals surface area (Å²) in [5.41, 5.74) is 0.739. The molecule has 0 bridgehead atoms. The summed E-state index contributed by atoms with van der Waals surface area (Å²) in [5.74, 6) is 0.880. The molecule has 1 aliphatic rings. The molecule has 1 aromatic rings. The normalized spacial score (nSPS) is 25.5. The molecule has 0 spiro atoms. The van der Waals surface area contributed by atoms with Crippen LogP contribution in [0, 0.1) is 0 Å². The third-order valence-corrected chi connectivity index (χ3v) is 2.78. The lowest BCUT2D eigenvalue weighted by Gasteiger charge is -2.20. The molecule has 0 saturated heterocycles. The van der Waals surface area contributed by atoms with Crippen LogP contribution in [0.25, 0.3) is 0 Å². The summed E-state index contributed by atoms with van der Waals surface area (Å²) in [6.45, 7) is 1.97. The largest absolute Gasteiger partial charge is 0.484 e. The molecule has 0 radical (unpaired) electrons. The summed E-state index contributed by atoms with van der Waals surface area (Å²) in [6, 6.07) is 5.96. The fourth-order valence-corrected chi connectivity index (χ4v) is 1.90. The molecule has 0 fully saturated rings. The number of ether oxygens (including phenoxy) is 1. The number of halogens is 1. The molecule has 1 unspecified atom stereocenters. The van der Waals surface area contributed by atoms with Crippen LogP contribution in [0.4, 0.5) is 0 Å². The van der Waals surface area contributed by atoms with Crippen molar-refractivity contribution < 1.29 is 9.84 Å². The maximum atomic E-state index is 9.13. The predicted molar refractivity (Wildman–Crippen MR) is 54.0 cm³/mol. The van der Waals surface area contributed by atoms with E-state index in [2.05, 4.69) is 15.9 Å². The zero-order valence-corrected chi connectivity index (χ0v) is 8.97. The molecular weight excluding hydrogens is 232 g/mol. The smallest absolute Gasteiger partial charge is 0.133 e. The van der Waals surface area contributed by atoms with E-state index in [1.807, 2.05) is 25.1 Å². The van der Waals surface area contributed by atoms with E-state index in [1.54, 1.807) is 0 Å². The van der Waals surface area contributed by atoms with E-state index < -0.39 is 5.60 Å². The lowest BCUT2D eigenvalue weighted by atomic mass is 10.0. The van der Waals surface area contributed by atoms with Crippen LogP contribution in [0.2, 0.25) is 0 Å². The van der Waals surface area contributed by atoms with Crippen LogP contribution in [0.15, 0.2) is 22.7 Å². The molecule has 2 nitrogen and oxygen atoms in total. The Labute approximate surface area is 85.7 Å². The highest BCUT2D eigenvalue weighted by Crippen LogP contribution is 2.36. The number of aliphatic hydroxyl groups excluding tert-OH is 1. The lowest BCUT2D eigenvalue weighted by molar-refractivity contribution is 0.0446. The Morgan fingerprint density at radius 2 is 2.38 bits per heavy atom. The summed E-state index contributed by atoms with van der Waals surface area (Å²) in [4.78, 5) is 0. The van der Waals surface area contributed by atoms with Crippen molar-refractivity contribution in [3.05, 3.63) is 28.2 Å². The van der Waals surface area contributed by atoms with Gasteiger partial charge < -0.3 is 9.84 Å². The second kappa shape index (κ2) is 3.00. The van der Waals surface area contributed by atoms with E-state index in [0.29, 0.717) is 0 Å². The summed E-state index contributed by atoms with van der Waals surface area (Å²) in [7, 11) is 0. The molecule has 0 aromatic heterocycles. The van der Waals surface area contributed by atoms with Crippen LogP contribution >= 0.6 is 15.9 Å². The van der Waals surface area contributed by atoms with Crippen LogP contribution in [0.3, 0.4) is 0 Å². The first-order valence-electron chi connectivity index (χ1n) is 4.21. The second-order valence-electron chi connectivity index (χ2n) is 3.64. The number of fused-ring (bicyclic) bond motifs is 1. The highest BCUT2D eigenvalue weighted by Gasteiger charge is 2.33. The molecule has 0 amide bonds. The van der Waals surface area contributed by atoms with Crippen molar-refractivity contribution in [2.75, 3.05) is 6.61 Å². The van der Waals surface area contributed by atoms with Crippen LogP contribution in [0.1, 0.15) is 12.5 Å². The van der Waals surface area contributed by atoms with Gasteiger partial charge in [-0.2, -0.15) is 0 Å². The zero-order valence-electron chi connectivity index (χ0n) is 7.38. The van der Waals surface area contributed by atoms with Gasteiger partial charge in [-0.25, -0.2) is 0 Å². The molecule has 1 atom stereocenters. The van der Waals surface area contributed by atoms with Gasteiger partial charge in [0.2, 0.25) is 0 Å². The van der Waals surface area contributed by atoms with Crippen molar-refractivity contribution in [2.45, 2.75) is 18.9 Å². The minimum Gasteiger partial charge on any atom is -0.484 e. The molecule has 1 heterocycles. The number of hydrogen-bond donors (Lipinski definition) is 1. The van der Waals surface area contributed by atoms with E-state index in [9.17, 15) is 0 Å². The molecule has 0 saturated carbocycles. The van der Waals surface area contributed by atoms with Crippen LogP contribution < -0.4 is 4.74 Å². The minimum atomic E-state index is -0.427. The summed E-state index contributed by atoms with van der Waals surface area (Å²) in [6.07, 6.45) is 0.784. The Hall–Kier alpha value is -0.540. The Kier molecular flexibility index (Phi) is 2.08. The summed E-state index contributed by atoms with van der Waals surface area (Å²) >= 11 is 3.38. The van der Waals surface area contributed by atoms with Gasteiger partial charge >= 0.3 is 0 Å². The maximum absolute atomic E-state index is 9.13. The summed E-state index contributed by atoms with van der Waals surface area (Å²) < 4.78 is 6.65. The van der Waals surface area contributed by atoms with Gasteiger partial charge in [0.05, 0.1) is 6.61 Å². The van der Waals surface area contributed by atoms with E-state index in [4.69, 9.17) is 9.84 Å². The first-order valence-corrected chi connectivity index (χ1v) is 5.01. The molecular formula is C10H11BrO2. The van der Waals surface area contributed by atoms with Crippen molar-refractivity contribution in [1.29, 1.82) is 0 Å². The van der Waals surface area contributed by atoms with Gasteiger partial charge in [0.1, 0.15) is 11.4 Å². The van der Waals surface area contributed by atoms with E-state index in [0.717, 1.165) is 16.6 Å². The number of aliphatic hydroxyl groups is 1. The fraction of sp³-hybridized carbons (Fsp3) is 0.400. The molecule has 1 aliphatic heterocycles. The Bertz CT molecular complexity index is 338. The Morgan fingerprint density at radius 1 is 1.62 bits per heavy atom. The first kappa shape index (κ1) is 9.03. The van der Waals surface area contributed by atoms with Gasteiger partial charge in [0.15, 0.2) is 0 Å². The molecule has 3 heteroatoms. The maximum Gasteiger partial charge on any atom is 0.133 e. The molecule has 70 valence electrons. The molecule has 2 rings (SSSR count). The van der Waals surface area contributed by atoms with Gasteiger partial charge in [-0.1, -0.05) is 22.0 Å². The highest BCUT2D eigenvalue weighted by atomic mass is 79.9. The molecule has 1 aromatic carbocycles. The van der Waals surface area contributed by atoms with Crippen molar-refractivity contribution >= 4 is 15.9 Å². The van der Waals surface area contributed by atoms with E-state index in [-0.39, 0.29) is 6.61 Å². The van der Waals surface area contributed by atoms with Crippen LogP contribution in [-0.2, 0) is 6.42 Å². The van der Waals surface area contributed by atoms with Gasteiger partial charge in [-0.3, -0.25) is 0 Å². The molecule has 1 N–H and O–H groups in total. The van der Waals surface area contributed by atoms with Crippen molar-refractivity contribution in [2.24, 2.45) is 0 Å². The number of hydrogen-bond acceptors (Lipinski definition) is 2. The number of benzene rings is 1. The van der Waals surface area contributed by atoms with Gasteiger partial charge in [-0.05, 0) is 24.6 Å². The van der Waals surface area contributed by atoms with Crippen LogP contribution in [0.5, 0.6) is 5.75 Å². The van der Waals surface area contributed by atoms with E-state index in [1.165, 1.54) is 5.56 Å². The first-order chi connectivity index (χ1) is 6.13. The molecule has 0 aliphatic carbocycles. The highest BCUT2D eigenvalue weighted by molar-refractivity contribution is 9.10. The van der Waals surface area contributed by atoms with Crippen molar-refractivity contribution in [1.82, 2.24) is 0 Å². The second-order valence-corrected chi connectivity index (χ2v) is 4.55. The third-order valence-electron chi connectivity index (χ3n) is 2.28. The van der Waals surface area contributed by atoms with E-state index >= 15 is 0 Å². The average Bonchev–Trinajstić information content (AvgIpc) is 2.42. The number of rotatable bonds is 1. The Morgan fingerprint density at radius 3 is 3.08 bits per heavy atom. The van der Waals surface area contributed by atoms with Gasteiger partial charge in [-0.15, -0.1) is 0 Å². The lowest BCUT2D eigenvalue weighted by Crippen LogP contribution is -2.34. The van der Waals surface area contributed by atoms with Crippen molar-refractivity contribution in [3.8, 4) is 5.75 Å². The Balaban J connectivity index is 2.35. The fourth-order valence-electron chi connectivity index (χ4n) is 1.56. The van der Waals surface area contributed by atoms with Gasteiger partial charge in [0.25, 0.3) is 0 Å².